The minimum atomic E-state index is -0.463. The molecule has 0 atom stereocenters. The molecule has 0 heterocycles. The first-order valence-corrected chi connectivity index (χ1v) is 1.68. The largest absolute Gasteiger partial charge is 0.277 e. The summed E-state index contributed by atoms with van der Waals surface area (Å²) in [5.41, 5.74) is 0. The second-order valence-corrected chi connectivity index (χ2v) is 1.03. The number of imide groups is 1. The van der Waals surface area contributed by atoms with Gasteiger partial charge in [-0.15, -0.1) is 0 Å². The Morgan fingerprint density at radius 3 is 2.29 bits per heavy atom. The SMILES string of the molecule is CC(=O)N(N)C=O. The molecule has 2 N–H and O–H groups in total. The van der Waals surface area contributed by atoms with Crippen LogP contribution in [0.3, 0.4) is 0 Å². The minimum absolute atomic E-state index is 0.252. The monoisotopic (exact) mass is 102 g/mol. The summed E-state index contributed by atoms with van der Waals surface area (Å²) in [6.45, 7) is 1.20. The van der Waals surface area contributed by atoms with Crippen LogP contribution in [0.4, 0.5) is 0 Å². The van der Waals surface area contributed by atoms with E-state index >= 15 is 0 Å². The van der Waals surface area contributed by atoms with Crippen LogP contribution in [-0.4, -0.2) is 17.3 Å². The van der Waals surface area contributed by atoms with E-state index in [1.165, 1.54) is 6.92 Å². The van der Waals surface area contributed by atoms with Crippen LogP contribution < -0.4 is 5.84 Å². The van der Waals surface area contributed by atoms with Crippen molar-refractivity contribution in [3.8, 4) is 0 Å². The molecule has 0 bridgehead atoms. The van der Waals surface area contributed by atoms with Crippen LogP contribution in [0.25, 0.3) is 0 Å². The van der Waals surface area contributed by atoms with E-state index in [2.05, 4.69) is 0 Å². The normalized spacial score (nSPS) is 7.71. The fourth-order valence-electron chi connectivity index (χ4n) is 0.0742. The van der Waals surface area contributed by atoms with Crippen LogP contribution in [0.15, 0.2) is 0 Å². The van der Waals surface area contributed by atoms with Crippen LogP contribution in [0, 0.1) is 0 Å². The summed E-state index contributed by atoms with van der Waals surface area (Å²) < 4.78 is 0. The second kappa shape index (κ2) is 2.30. The number of carbonyl (C=O) groups excluding carboxylic acids is 2. The lowest BCUT2D eigenvalue weighted by Gasteiger charge is -1.99. The summed E-state index contributed by atoms with van der Waals surface area (Å²) in [6, 6.07) is 0. The number of amides is 2. The Balaban J connectivity index is 3.55. The van der Waals surface area contributed by atoms with E-state index in [0.717, 1.165) is 0 Å². The number of hydrogen-bond donors (Lipinski definition) is 1. The Hall–Kier alpha value is -0.900. The van der Waals surface area contributed by atoms with Gasteiger partial charge in [-0.1, -0.05) is 0 Å². The summed E-state index contributed by atoms with van der Waals surface area (Å²) in [4.78, 5) is 19.5. The zero-order valence-corrected chi connectivity index (χ0v) is 3.92. The number of nitrogens with zero attached hydrogens (tertiary/aromatic N) is 1. The third kappa shape index (κ3) is 1.88. The summed E-state index contributed by atoms with van der Waals surface area (Å²) in [7, 11) is 0. The van der Waals surface area contributed by atoms with E-state index in [0.29, 0.717) is 5.01 Å². The van der Waals surface area contributed by atoms with Crippen molar-refractivity contribution < 1.29 is 9.59 Å². The number of nitrogens with two attached hydrogens (primary N) is 1. The highest BCUT2D eigenvalue weighted by molar-refractivity contribution is 5.82. The quantitative estimate of drug-likeness (QED) is 0.197. The lowest BCUT2D eigenvalue weighted by atomic mass is 10.7. The lowest BCUT2D eigenvalue weighted by Crippen LogP contribution is -2.33. The van der Waals surface area contributed by atoms with Crippen LogP contribution in [0.1, 0.15) is 6.92 Å². The van der Waals surface area contributed by atoms with Gasteiger partial charge in [0, 0.05) is 6.92 Å². The molecule has 2 amide bonds. The first-order valence-electron chi connectivity index (χ1n) is 1.68. The zero-order chi connectivity index (χ0) is 5.86. The van der Waals surface area contributed by atoms with Crippen molar-refractivity contribution in [2.75, 3.05) is 0 Å². The molecule has 0 aromatic rings. The maximum absolute atomic E-state index is 9.94. The van der Waals surface area contributed by atoms with Gasteiger partial charge in [0.05, 0.1) is 0 Å². The molecule has 4 heteroatoms. The first kappa shape index (κ1) is 6.10. The van der Waals surface area contributed by atoms with E-state index in [-0.39, 0.29) is 6.41 Å². The van der Waals surface area contributed by atoms with Crippen molar-refractivity contribution in [3.05, 3.63) is 0 Å². The predicted molar refractivity (Wildman–Crippen MR) is 22.8 cm³/mol. The molecule has 0 aliphatic heterocycles. The van der Waals surface area contributed by atoms with E-state index in [4.69, 9.17) is 5.84 Å². The molecule has 0 aromatic carbocycles. The Morgan fingerprint density at radius 2 is 2.29 bits per heavy atom. The molecule has 0 fully saturated rings. The van der Waals surface area contributed by atoms with Gasteiger partial charge < -0.3 is 0 Å². The van der Waals surface area contributed by atoms with Crippen LogP contribution >= 0.6 is 0 Å². The van der Waals surface area contributed by atoms with Crippen LogP contribution in [-0.2, 0) is 9.59 Å². The Kier molecular flexibility index (Phi) is 2.01. The first-order chi connectivity index (χ1) is 3.18. The molecular formula is C3H6N2O2. The van der Waals surface area contributed by atoms with E-state index in [9.17, 15) is 9.59 Å². The highest BCUT2D eigenvalue weighted by atomic mass is 16.2. The zero-order valence-electron chi connectivity index (χ0n) is 3.92. The summed E-state index contributed by atoms with van der Waals surface area (Å²) in [5.74, 6) is 4.27. The van der Waals surface area contributed by atoms with Gasteiger partial charge in [0.25, 0.3) is 0 Å². The molecule has 0 rings (SSSR count). The molecule has 40 valence electrons. The number of hydrazine groups is 1. The number of carbonyl (C=O) groups is 2. The maximum Gasteiger partial charge on any atom is 0.240 e. The van der Waals surface area contributed by atoms with Crippen molar-refractivity contribution in [1.29, 1.82) is 0 Å². The van der Waals surface area contributed by atoms with Gasteiger partial charge in [-0.3, -0.25) is 9.59 Å². The summed E-state index contributed by atoms with van der Waals surface area (Å²) in [5, 5.41) is 0.472. The Labute approximate surface area is 40.9 Å². The van der Waals surface area contributed by atoms with E-state index in [1.807, 2.05) is 0 Å². The van der Waals surface area contributed by atoms with Crippen molar-refractivity contribution >= 4 is 12.3 Å². The second-order valence-electron chi connectivity index (χ2n) is 1.03. The van der Waals surface area contributed by atoms with Gasteiger partial charge in [0.2, 0.25) is 12.3 Å². The standard InChI is InChI=1S/C3H6N2O2/c1-3(7)5(4)2-6/h2H,4H2,1H3. The number of rotatable bonds is 1. The molecule has 0 radical (unpaired) electrons. The Bertz CT molecular complexity index is 90.9. The molecular weight excluding hydrogens is 96.0 g/mol. The third-order valence-electron chi connectivity index (χ3n) is 0.477. The smallest absolute Gasteiger partial charge is 0.240 e. The van der Waals surface area contributed by atoms with Crippen molar-refractivity contribution in [2.24, 2.45) is 5.84 Å². The molecule has 0 aliphatic carbocycles. The fourth-order valence-corrected chi connectivity index (χ4v) is 0.0742. The van der Waals surface area contributed by atoms with Crippen LogP contribution in [0.2, 0.25) is 0 Å². The molecule has 4 nitrogen and oxygen atoms in total. The van der Waals surface area contributed by atoms with E-state index < -0.39 is 5.91 Å². The lowest BCUT2D eigenvalue weighted by molar-refractivity contribution is -0.136. The molecule has 0 aromatic heterocycles. The van der Waals surface area contributed by atoms with Crippen LogP contribution in [0.5, 0.6) is 0 Å². The maximum atomic E-state index is 9.94. The summed E-state index contributed by atoms with van der Waals surface area (Å²) in [6.07, 6.45) is 0.252. The highest BCUT2D eigenvalue weighted by Crippen LogP contribution is 1.66. The minimum Gasteiger partial charge on any atom is -0.277 e. The van der Waals surface area contributed by atoms with Gasteiger partial charge >= 0.3 is 0 Å². The van der Waals surface area contributed by atoms with E-state index in [1.54, 1.807) is 0 Å². The predicted octanol–water partition coefficient (Wildman–Crippen LogP) is -1.13. The topological polar surface area (TPSA) is 63.4 Å². The summed E-state index contributed by atoms with van der Waals surface area (Å²) >= 11 is 0. The Morgan fingerprint density at radius 1 is 1.86 bits per heavy atom. The fraction of sp³-hybridized carbons (Fsp3) is 0.333. The average Bonchev–Trinajstić information content (AvgIpc) is 1.65. The molecule has 7 heavy (non-hydrogen) atoms. The molecule has 0 aliphatic rings. The highest BCUT2D eigenvalue weighted by Gasteiger charge is 1.95. The number of hydrogen-bond acceptors (Lipinski definition) is 3. The molecule has 0 saturated heterocycles. The van der Waals surface area contributed by atoms with Gasteiger partial charge in [0.1, 0.15) is 0 Å². The van der Waals surface area contributed by atoms with Gasteiger partial charge in [-0.05, 0) is 0 Å². The molecule has 0 spiro atoms. The van der Waals surface area contributed by atoms with Gasteiger partial charge in [-0.25, -0.2) is 10.9 Å². The molecule has 0 unspecified atom stereocenters. The average molecular weight is 102 g/mol. The van der Waals surface area contributed by atoms with Gasteiger partial charge in [-0.2, -0.15) is 0 Å². The van der Waals surface area contributed by atoms with Crippen molar-refractivity contribution in [1.82, 2.24) is 5.01 Å². The molecule has 0 saturated carbocycles. The van der Waals surface area contributed by atoms with Gasteiger partial charge in [0.15, 0.2) is 0 Å². The van der Waals surface area contributed by atoms with Crippen molar-refractivity contribution in [2.45, 2.75) is 6.92 Å². The van der Waals surface area contributed by atoms with Crippen molar-refractivity contribution in [3.63, 3.8) is 0 Å². The third-order valence-corrected chi connectivity index (χ3v) is 0.477.